The lowest BCUT2D eigenvalue weighted by Gasteiger charge is -2.15. The van der Waals surface area contributed by atoms with Gasteiger partial charge in [-0.05, 0) is 11.1 Å². The molecule has 2 aromatic carbocycles. The molecule has 0 atom stereocenters. The van der Waals surface area contributed by atoms with Crippen LogP contribution >= 0.6 is 0 Å². The first-order chi connectivity index (χ1) is 7.92. The summed E-state index contributed by atoms with van der Waals surface area (Å²) in [5, 5.41) is 0. The maximum Gasteiger partial charge on any atom is 0.0579 e. The van der Waals surface area contributed by atoms with Crippen LogP contribution in [-0.2, 0) is 0 Å². The summed E-state index contributed by atoms with van der Waals surface area (Å²) in [6, 6.07) is 21.5. The van der Waals surface area contributed by atoms with Crippen molar-refractivity contribution in [1.82, 2.24) is 0 Å². The molecule has 0 heterocycles. The number of benzene rings is 2. The van der Waals surface area contributed by atoms with Gasteiger partial charge < -0.3 is 0 Å². The van der Waals surface area contributed by atoms with E-state index in [1.807, 2.05) is 0 Å². The highest BCUT2D eigenvalue weighted by molar-refractivity contribution is 6.45. The third-order valence-corrected chi connectivity index (χ3v) is 4.55. The van der Waals surface area contributed by atoms with Gasteiger partial charge in [0.2, 0.25) is 0 Å². The van der Waals surface area contributed by atoms with Gasteiger partial charge in [0, 0.05) is 5.54 Å². The zero-order valence-corrected chi connectivity index (χ0v) is 10.8. The summed E-state index contributed by atoms with van der Waals surface area (Å²) in [5.41, 5.74) is 5.53. The van der Waals surface area contributed by atoms with Crippen LogP contribution in [0.25, 0.3) is 0 Å². The third-order valence-electron chi connectivity index (χ3n) is 2.81. The Hall–Kier alpha value is -1.60. The van der Waals surface area contributed by atoms with Crippen LogP contribution in [0.3, 0.4) is 0 Å². The molecular weight excluding hydrogens is 208 g/mol. The molecule has 0 saturated carbocycles. The molecule has 0 unspecified atom stereocenters. The smallest absolute Gasteiger partial charge is 0.0579 e. The molecule has 0 aliphatic carbocycles. The number of rotatable bonds is 4. The van der Waals surface area contributed by atoms with Crippen molar-refractivity contribution in [2.24, 2.45) is 0 Å². The Morgan fingerprint density at radius 2 is 1.25 bits per heavy atom. The Morgan fingerprint density at radius 3 is 1.62 bits per heavy atom. The van der Waals surface area contributed by atoms with Gasteiger partial charge in [0.15, 0.2) is 0 Å². The summed E-state index contributed by atoms with van der Waals surface area (Å²) >= 11 is 0. The minimum Gasteiger partial charge on any atom is -0.108 e. The van der Waals surface area contributed by atoms with E-state index < -0.39 is 0 Å². The predicted molar refractivity (Wildman–Crippen MR) is 73.5 cm³/mol. The lowest BCUT2D eigenvalue weighted by atomic mass is 10.0. The molecule has 0 aliphatic heterocycles. The van der Waals surface area contributed by atoms with Crippen LogP contribution in [0.2, 0.25) is 0 Å². The maximum atomic E-state index is 3.91. The van der Waals surface area contributed by atoms with Crippen LogP contribution in [0.15, 0.2) is 72.9 Å². The second kappa shape index (κ2) is 5.47. The summed E-state index contributed by atoms with van der Waals surface area (Å²) < 4.78 is 0. The fourth-order valence-corrected chi connectivity index (χ4v) is 3.42. The zero-order chi connectivity index (χ0) is 11.2. The summed E-state index contributed by atoms with van der Waals surface area (Å²) in [7, 11) is -0.297. The van der Waals surface area contributed by atoms with Crippen LogP contribution in [0.1, 0.15) is 16.7 Å². The van der Waals surface area contributed by atoms with E-state index in [0.717, 1.165) is 0 Å². The molecule has 0 amide bonds. The lowest BCUT2D eigenvalue weighted by Crippen LogP contribution is -2.07. The Balaban J connectivity index is 2.35. The van der Waals surface area contributed by atoms with Crippen molar-refractivity contribution in [3.05, 3.63) is 84.1 Å². The van der Waals surface area contributed by atoms with Crippen molar-refractivity contribution in [3.63, 3.8) is 0 Å². The molecule has 0 nitrogen and oxygen atoms in total. The second-order valence-electron chi connectivity index (χ2n) is 3.90. The standard InChI is InChI=1S/C15H16Si/c1-2-16-15(13-9-5-3-6-10-13)14-11-7-4-8-12-14/h2-12,15H,1,16H2. The van der Waals surface area contributed by atoms with Gasteiger partial charge in [-0.15, -0.1) is 12.3 Å². The summed E-state index contributed by atoms with van der Waals surface area (Å²) in [6.07, 6.45) is 0. The fourth-order valence-electron chi connectivity index (χ4n) is 2.00. The molecule has 16 heavy (non-hydrogen) atoms. The minimum absolute atomic E-state index is 0.297. The van der Waals surface area contributed by atoms with Crippen LogP contribution in [0, 0.1) is 0 Å². The highest BCUT2D eigenvalue weighted by atomic mass is 28.2. The average Bonchev–Trinajstić information content (AvgIpc) is 2.38. The zero-order valence-electron chi connectivity index (χ0n) is 9.34. The fraction of sp³-hybridized carbons (Fsp3) is 0.0667. The molecule has 0 fully saturated rings. The SMILES string of the molecule is C=C[SiH2]C(c1ccccc1)c1ccccc1. The van der Waals surface area contributed by atoms with Crippen molar-refractivity contribution in [2.75, 3.05) is 0 Å². The summed E-state index contributed by atoms with van der Waals surface area (Å²) in [4.78, 5) is 0. The second-order valence-corrected chi connectivity index (χ2v) is 5.76. The molecule has 2 rings (SSSR count). The highest BCUT2D eigenvalue weighted by Gasteiger charge is 2.11. The van der Waals surface area contributed by atoms with E-state index in [2.05, 4.69) is 72.9 Å². The van der Waals surface area contributed by atoms with Gasteiger partial charge in [-0.25, -0.2) is 0 Å². The first-order valence-corrected chi connectivity index (χ1v) is 7.26. The first kappa shape index (κ1) is 10.9. The Labute approximate surface area is 99.5 Å². The number of hydrogen-bond acceptors (Lipinski definition) is 0. The van der Waals surface area contributed by atoms with Gasteiger partial charge in [0.05, 0.1) is 9.52 Å². The molecule has 0 aliphatic rings. The molecule has 0 saturated heterocycles. The van der Waals surface area contributed by atoms with E-state index in [1.165, 1.54) is 11.1 Å². The van der Waals surface area contributed by atoms with Gasteiger partial charge in [0.1, 0.15) is 0 Å². The molecular formula is C15H16Si. The van der Waals surface area contributed by atoms with Gasteiger partial charge in [-0.2, -0.15) is 0 Å². The molecule has 80 valence electrons. The molecule has 0 N–H and O–H groups in total. The quantitative estimate of drug-likeness (QED) is 0.700. The van der Waals surface area contributed by atoms with Crippen molar-refractivity contribution < 1.29 is 0 Å². The average molecular weight is 224 g/mol. The van der Waals surface area contributed by atoms with Gasteiger partial charge in [-0.1, -0.05) is 60.7 Å². The molecule has 0 bridgehead atoms. The van der Waals surface area contributed by atoms with E-state index in [1.54, 1.807) is 0 Å². The summed E-state index contributed by atoms with van der Waals surface area (Å²) in [6.45, 7) is 3.91. The topological polar surface area (TPSA) is 0 Å². The Kier molecular flexibility index (Phi) is 3.73. The molecule has 2 aromatic rings. The third kappa shape index (κ3) is 2.50. The van der Waals surface area contributed by atoms with Crippen molar-refractivity contribution in [3.8, 4) is 0 Å². The van der Waals surface area contributed by atoms with Gasteiger partial charge >= 0.3 is 0 Å². The maximum absolute atomic E-state index is 3.91. The predicted octanol–water partition coefficient (Wildman–Crippen LogP) is 3.09. The Morgan fingerprint density at radius 1 is 0.812 bits per heavy atom. The number of hydrogen-bond donors (Lipinski definition) is 0. The van der Waals surface area contributed by atoms with E-state index in [-0.39, 0.29) is 9.52 Å². The van der Waals surface area contributed by atoms with Crippen LogP contribution in [0.4, 0.5) is 0 Å². The van der Waals surface area contributed by atoms with Crippen LogP contribution in [0.5, 0.6) is 0 Å². The van der Waals surface area contributed by atoms with E-state index >= 15 is 0 Å². The molecule has 1 heteroatoms. The molecule has 0 aromatic heterocycles. The summed E-state index contributed by atoms with van der Waals surface area (Å²) in [5.74, 6) is 0. The van der Waals surface area contributed by atoms with E-state index in [9.17, 15) is 0 Å². The van der Waals surface area contributed by atoms with E-state index in [4.69, 9.17) is 0 Å². The first-order valence-electron chi connectivity index (χ1n) is 5.62. The lowest BCUT2D eigenvalue weighted by molar-refractivity contribution is 1.13. The Bertz CT molecular complexity index is 394. The van der Waals surface area contributed by atoms with Crippen molar-refractivity contribution in [2.45, 2.75) is 5.54 Å². The van der Waals surface area contributed by atoms with Crippen molar-refractivity contribution >= 4 is 9.52 Å². The largest absolute Gasteiger partial charge is 0.108 e. The normalized spacial score (nSPS) is 11.1. The van der Waals surface area contributed by atoms with Crippen molar-refractivity contribution in [1.29, 1.82) is 0 Å². The minimum atomic E-state index is -0.297. The van der Waals surface area contributed by atoms with Gasteiger partial charge in [0.25, 0.3) is 0 Å². The molecule has 0 radical (unpaired) electrons. The van der Waals surface area contributed by atoms with Crippen LogP contribution < -0.4 is 0 Å². The monoisotopic (exact) mass is 224 g/mol. The highest BCUT2D eigenvalue weighted by Crippen LogP contribution is 2.23. The van der Waals surface area contributed by atoms with E-state index in [0.29, 0.717) is 5.54 Å². The molecule has 0 spiro atoms. The van der Waals surface area contributed by atoms with Crippen LogP contribution in [-0.4, -0.2) is 9.52 Å². The van der Waals surface area contributed by atoms with Gasteiger partial charge in [-0.3, -0.25) is 0 Å².